The molecule has 0 aromatic heterocycles. The molecule has 0 aliphatic rings. The maximum atomic E-state index is 13.0. The first-order valence-electron chi connectivity index (χ1n) is 7.36. The van der Waals surface area contributed by atoms with Crippen LogP contribution in [0.1, 0.15) is 44.5 Å². The molecule has 0 aliphatic heterocycles. The summed E-state index contributed by atoms with van der Waals surface area (Å²) in [6.45, 7) is 8.13. The van der Waals surface area contributed by atoms with Crippen LogP contribution < -0.4 is 9.47 Å². The van der Waals surface area contributed by atoms with Crippen molar-refractivity contribution in [3.8, 4) is 11.5 Å². The highest BCUT2D eigenvalue weighted by Crippen LogP contribution is 2.41. The van der Waals surface area contributed by atoms with Gasteiger partial charge < -0.3 is 9.47 Å². The summed E-state index contributed by atoms with van der Waals surface area (Å²) < 4.78 is 22.3. The maximum absolute atomic E-state index is 13.0. The molecule has 1 rings (SSSR count). The van der Waals surface area contributed by atoms with Crippen LogP contribution in [-0.4, -0.2) is 25.7 Å². The third-order valence-corrected chi connectivity index (χ3v) is 4.85. The number of ether oxygens (including phenoxy) is 2. The van der Waals surface area contributed by atoms with Gasteiger partial charge in [-0.05, 0) is 29.9 Å². The van der Waals surface area contributed by atoms with E-state index < -0.39 is 5.66 Å². The maximum Gasteiger partial charge on any atom is 0.185 e. The molecule has 0 aliphatic carbocycles. The number of benzene rings is 1. The number of hydrogen-bond donors (Lipinski definition) is 0. The zero-order chi connectivity index (χ0) is 16.9. The van der Waals surface area contributed by atoms with Gasteiger partial charge in [-0.1, -0.05) is 33.8 Å². The Balaban J connectivity index is 3.31. The molecule has 1 aromatic carbocycles. The van der Waals surface area contributed by atoms with E-state index in [-0.39, 0.29) is 19.7 Å². The summed E-state index contributed by atoms with van der Waals surface area (Å²) in [5.74, 6) is 1.08. The van der Waals surface area contributed by atoms with Crippen LogP contribution in [-0.2, 0) is 4.57 Å². The predicted octanol–water partition coefficient (Wildman–Crippen LogP) is 4.62. The van der Waals surface area contributed by atoms with E-state index in [1.807, 2.05) is 13.8 Å². The molecule has 4 nitrogen and oxygen atoms in total. The van der Waals surface area contributed by atoms with Gasteiger partial charge in [-0.25, -0.2) is 0 Å². The monoisotopic (exact) mass is 324 g/mol. The van der Waals surface area contributed by atoms with Crippen LogP contribution >= 0.6 is 8.46 Å². The Bertz CT molecular complexity index is 515. The van der Waals surface area contributed by atoms with E-state index in [0.29, 0.717) is 23.0 Å². The molecule has 0 amide bonds. The van der Waals surface area contributed by atoms with Crippen molar-refractivity contribution in [2.24, 2.45) is 11.3 Å². The molecule has 22 heavy (non-hydrogen) atoms. The zero-order valence-corrected chi connectivity index (χ0v) is 15.1. The first-order chi connectivity index (χ1) is 10.3. The van der Waals surface area contributed by atoms with Gasteiger partial charge in [0, 0.05) is 0 Å². The van der Waals surface area contributed by atoms with Crippen LogP contribution in [0.2, 0.25) is 0 Å². The molecular formula is C17H25O4P. The topological polar surface area (TPSA) is 52.6 Å². The van der Waals surface area contributed by atoms with Crippen LogP contribution in [0.4, 0.5) is 0 Å². The highest BCUT2D eigenvalue weighted by Gasteiger charge is 2.39. The number of ketones is 1. The summed E-state index contributed by atoms with van der Waals surface area (Å²) in [5, 5.41) is 0. The lowest BCUT2D eigenvalue weighted by molar-refractivity contribution is 0.0921. The van der Waals surface area contributed by atoms with Gasteiger partial charge in [-0.2, -0.15) is 0 Å². The Morgan fingerprint density at radius 3 is 2.05 bits per heavy atom. The van der Waals surface area contributed by atoms with Crippen LogP contribution in [0.25, 0.3) is 0 Å². The van der Waals surface area contributed by atoms with Gasteiger partial charge in [0.1, 0.15) is 22.7 Å². The van der Waals surface area contributed by atoms with E-state index in [1.165, 1.54) is 14.2 Å². The smallest absolute Gasteiger partial charge is 0.185 e. The second-order valence-electron chi connectivity index (χ2n) is 6.50. The molecule has 0 saturated heterocycles. The fraction of sp³-hybridized carbons (Fsp3) is 0.588. The molecular weight excluding hydrogens is 299 g/mol. The zero-order valence-electron chi connectivity index (χ0n) is 14.2. The van der Waals surface area contributed by atoms with Crippen molar-refractivity contribution in [3.63, 3.8) is 0 Å². The Hall–Kier alpha value is -1.41. The third kappa shape index (κ3) is 4.07. The highest BCUT2D eigenvalue weighted by molar-refractivity contribution is 7.26. The highest BCUT2D eigenvalue weighted by atomic mass is 31.1. The quantitative estimate of drug-likeness (QED) is 0.517. The molecule has 1 aromatic rings. The first-order valence-corrected chi connectivity index (χ1v) is 8.24. The lowest BCUT2D eigenvalue weighted by atomic mass is 9.78. The predicted molar refractivity (Wildman–Crippen MR) is 88.5 cm³/mol. The van der Waals surface area contributed by atoms with Crippen molar-refractivity contribution in [2.45, 2.75) is 39.8 Å². The molecule has 1 unspecified atom stereocenters. The molecule has 1 atom stereocenters. The summed E-state index contributed by atoms with van der Waals surface area (Å²) in [6, 6.07) is 5.19. The number of carbonyl (C=O) groups is 1. The van der Waals surface area contributed by atoms with Gasteiger partial charge in [0.2, 0.25) is 0 Å². The Morgan fingerprint density at radius 1 is 1.18 bits per heavy atom. The van der Waals surface area contributed by atoms with Crippen molar-refractivity contribution < 1.29 is 18.8 Å². The Labute approximate surface area is 134 Å². The van der Waals surface area contributed by atoms with Crippen molar-refractivity contribution in [3.05, 3.63) is 23.8 Å². The first kappa shape index (κ1) is 18.6. The van der Waals surface area contributed by atoms with Gasteiger partial charge in [0.25, 0.3) is 0 Å². The summed E-state index contributed by atoms with van der Waals surface area (Å²) in [4.78, 5) is 13.0. The molecule has 0 heterocycles. The lowest BCUT2D eigenvalue weighted by Crippen LogP contribution is -2.34. The van der Waals surface area contributed by atoms with Crippen LogP contribution in [0, 0.1) is 11.3 Å². The van der Waals surface area contributed by atoms with Crippen molar-refractivity contribution >= 4 is 14.2 Å². The summed E-state index contributed by atoms with van der Waals surface area (Å²) in [5.41, 5.74) is -0.668. The second-order valence-corrected chi connectivity index (χ2v) is 7.22. The van der Waals surface area contributed by atoms with Crippen molar-refractivity contribution in [1.82, 2.24) is 0 Å². The Morgan fingerprint density at radius 2 is 1.68 bits per heavy atom. The van der Waals surface area contributed by atoms with Crippen LogP contribution in [0.5, 0.6) is 11.5 Å². The minimum Gasteiger partial charge on any atom is -0.496 e. The molecule has 122 valence electrons. The molecule has 0 fully saturated rings. The van der Waals surface area contributed by atoms with Crippen LogP contribution in [0.15, 0.2) is 18.2 Å². The number of methoxy groups -OCH3 is 2. The average Bonchev–Trinajstić information content (AvgIpc) is 2.44. The minimum atomic E-state index is -0.639. The molecule has 0 radical (unpaired) electrons. The number of hydrogen-bond acceptors (Lipinski definition) is 4. The van der Waals surface area contributed by atoms with Gasteiger partial charge >= 0.3 is 0 Å². The standard InChI is InChI=1S/C17H25O4P/c1-11(2)10-17(3,4)16(22-19)15(18)14-12(20-5)8-7-9-13(14)21-6/h7-9,11,16H,10H2,1-6H3. The number of rotatable bonds is 8. The average molecular weight is 324 g/mol. The summed E-state index contributed by atoms with van der Waals surface area (Å²) >= 11 is 0. The van der Waals surface area contributed by atoms with Crippen molar-refractivity contribution in [1.29, 1.82) is 0 Å². The van der Waals surface area contributed by atoms with E-state index in [4.69, 9.17) is 9.47 Å². The lowest BCUT2D eigenvalue weighted by Gasteiger charge is -2.31. The van der Waals surface area contributed by atoms with E-state index in [1.54, 1.807) is 18.2 Å². The fourth-order valence-corrected chi connectivity index (χ4v) is 3.56. The normalized spacial score (nSPS) is 13.2. The molecule has 5 heteroatoms. The fourth-order valence-electron chi connectivity index (χ4n) is 2.94. The second kappa shape index (κ2) is 7.73. The SMILES string of the molecule is COc1cccc(OC)c1C(=O)C(P=O)C(C)(C)CC(C)C. The van der Waals surface area contributed by atoms with Crippen LogP contribution in [0.3, 0.4) is 0 Å². The summed E-state index contributed by atoms with van der Waals surface area (Å²) in [6.07, 6.45) is 0.802. The molecule has 0 N–H and O–H groups in total. The van der Waals surface area contributed by atoms with E-state index in [9.17, 15) is 9.36 Å². The Kier molecular flexibility index (Phi) is 6.55. The largest absolute Gasteiger partial charge is 0.496 e. The van der Waals surface area contributed by atoms with Crippen molar-refractivity contribution in [2.75, 3.05) is 14.2 Å². The van der Waals surface area contributed by atoms with Gasteiger partial charge in [0.05, 0.1) is 14.2 Å². The molecule has 0 spiro atoms. The minimum absolute atomic E-state index is 0.180. The number of Topliss-reactive ketones (excluding diaryl/α,β-unsaturated/α-hetero) is 1. The van der Waals surface area contributed by atoms with E-state index in [0.717, 1.165) is 6.42 Å². The third-order valence-electron chi connectivity index (χ3n) is 3.70. The van der Waals surface area contributed by atoms with E-state index >= 15 is 0 Å². The van der Waals surface area contributed by atoms with Gasteiger partial charge in [-0.3, -0.25) is 9.36 Å². The molecule has 0 bridgehead atoms. The van der Waals surface area contributed by atoms with Gasteiger partial charge in [0.15, 0.2) is 14.2 Å². The molecule has 0 saturated carbocycles. The van der Waals surface area contributed by atoms with Gasteiger partial charge in [-0.15, -0.1) is 0 Å². The number of carbonyl (C=O) groups excluding carboxylic acids is 1. The summed E-state index contributed by atoms with van der Waals surface area (Å²) in [7, 11) is 2.84. The van der Waals surface area contributed by atoms with E-state index in [2.05, 4.69) is 13.8 Å².